The number of hydrogen-bond acceptors (Lipinski definition) is 3. The number of anilines is 1. The van der Waals surface area contributed by atoms with Crippen molar-refractivity contribution in [3.63, 3.8) is 0 Å². The average molecular weight is 317 g/mol. The summed E-state index contributed by atoms with van der Waals surface area (Å²) in [6.07, 6.45) is 0. The molecule has 2 aromatic rings. The number of ether oxygens (including phenoxy) is 2. The topological polar surface area (TPSA) is 47.6 Å². The van der Waals surface area contributed by atoms with E-state index in [1.807, 2.05) is 12.1 Å². The third-order valence-corrected chi connectivity index (χ3v) is 2.89. The minimum atomic E-state index is -0.350. The first-order chi connectivity index (χ1) is 11.0. The van der Waals surface area contributed by atoms with Crippen molar-refractivity contribution in [2.24, 2.45) is 5.92 Å². The third-order valence-electron chi connectivity index (χ3n) is 2.89. The van der Waals surface area contributed by atoms with Crippen molar-refractivity contribution in [3.05, 3.63) is 54.3 Å². The molecule has 0 radical (unpaired) electrons. The fourth-order valence-electron chi connectivity index (χ4n) is 1.80. The summed E-state index contributed by atoms with van der Waals surface area (Å²) >= 11 is 0. The van der Waals surface area contributed by atoms with E-state index in [4.69, 9.17) is 9.47 Å². The van der Waals surface area contributed by atoms with Gasteiger partial charge in [0.2, 0.25) is 0 Å². The molecule has 0 unspecified atom stereocenters. The molecule has 0 aliphatic rings. The van der Waals surface area contributed by atoms with Gasteiger partial charge in [-0.15, -0.1) is 0 Å². The molecule has 0 aromatic heterocycles. The number of amides is 1. The van der Waals surface area contributed by atoms with Crippen molar-refractivity contribution in [2.75, 3.05) is 18.5 Å². The molecule has 0 fully saturated rings. The Hall–Kier alpha value is -2.56. The van der Waals surface area contributed by atoms with Gasteiger partial charge in [0.05, 0.1) is 6.61 Å². The quantitative estimate of drug-likeness (QED) is 0.843. The van der Waals surface area contributed by atoms with Crippen LogP contribution in [-0.4, -0.2) is 19.1 Å². The van der Waals surface area contributed by atoms with Gasteiger partial charge in [-0.25, -0.2) is 4.39 Å². The van der Waals surface area contributed by atoms with Crippen LogP contribution in [0.15, 0.2) is 48.5 Å². The van der Waals surface area contributed by atoms with Crippen molar-refractivity contribution in [3.8, 4) is 11.5 Å². The van der Waals surface area contributed by atoms with Gasteiger partial charge in [0.15, 0.2) is 6.61 Å². The van der Waals surface area contributed by atoms with Crippen LogP contribution in [0.5, 0.6) is 11.5 Å². The molecule has 0 aliphatic carbocycles. The van der Waals surface area contributed by atoms with Crippen LogP contribution in [0.25, 0.3) is 0 Å². The first-order valence-corrected chi connectivity index (χ1v) is 7.44. The van der Waals surface area contributed by atoms with Gasteiger partial charge in [-0.3, -0.25) is 4.79 Å². The summed E-state index contributed by atoms with van der Waals surface area (Å²) in [5.74, 6) is 1.03. The van der Waals surface area contributed by atoms with E-state index in [2.05, 4.69) is 19.2 Å². The number of carbonyl (C=O) groups is 1. The molecule has 0 aliphatic heterocycles. The maximum absolute atomic E-state index is 12.8. The van der Waals surface area contributed by atoms with Gasteiger partial charge in [0, 0.05) is 11.8 Å². The first-order valence-electron chi connectivity index (χ1n) is 7.44. The van der Waals surface area contributed by atoms with Gasteiger partial charge in [-0.1, -0.05) is 19.9 Å². The zero-order valence-electron chi connectivity index (χ0n) is 13.2. The molecule has 23 heavy (non-hydrogen) atoms. The van der Waals surface area contributed by atoms with Crippen LogP contribution >= 0.6 is 0 Å². The number of benzene rings is 2. The minimum absolute atomic E-state index is 0.134. The Balaban J connectivity index is 1.84. The number of halogens is 1. The number of carbonyl (C=O) groups excluding carboxylic acids is 1. The van der Waals surface area contributed by atoms with Gasteiger partial charge in [0.1, 0.15) is 17.3 Å². The van der Waals surface area contributed by atoms with Crippen LogP contribution < -0.4 is 14.8 Å². The second-order valence-corrected chi connectivity index (χ2v) is 5.52. The lowest BCUT2D eigenvalue weighted by molar-refractivity contribution is -0.118. The molecule has 0 saturated heterocycles. The molecule has 0 saturated carbocycles. The maximum Gasteiger partial charge on any atom is 0.262 e. The Bertz CT molecular complexity index is 641. The van der Waals surface area contributed by atoms with E-state index in [9.17, 15) is 9.18 Å². The molecule has 0 heterocycles. The van der Waals surface area contributed by atoms with Gasteiger partial charge >= 0.3 is 0 Å². The summed E-state index contributed by atoms with van der Waals surface area (Å²) in [6.45, 7) is 4.62. The van der Waals surface area contributed by atoms with Crippen molar-refractivity contribution in [2.45, 2.75) is 13.8 Å². The highest BCUT2D eigenvalue weighted by Gasteiger charge is 2.05. The molecule has 4 nitrogen and oxygen atoms in total. The second-order valence-electron chi connectivity index (χ2n) is 5.52. The lowest BCUT2D eigenvalue weighted by Crippen LogP contribution is -2.20. The summed E-state index contributed by atoms with van der Waals surface area (Å²) in [6, 6.07) is 12.7. The highest BCUT2D eigenvalue weighted by atomic mass is 19.1. The minimum Gasteiger partial charge on any atom is -0.493 e. The Kier molecular flexibility index (Phi) is 5.97. The van der Waals surface area contributed by atoms with Crippen molar-refractivity contribution >= 4 is 11.6 Å². The smallest absolute Gasteiger partial charge is 0.262 e. The summed E-state index contributed by atoms with van der Waals surface area (Å²) in [5, 5.41) is 2.63. The highest BCUT2D eigenvalue weighted by Crippen LogP contribution is 2.20. The fraction of sp³-hybridized carbons (Fsp3) is 0.278. The van der Waals surface area contributed by atoms with Crippen LogP contribution in [-0.2, 0) is 4.79 Å². The van der Waals surface area contributed by atoms with Crippen LogP contribution in [0.4, 0.5) is 10.1 Å². The normalized spacial score (nSPS) is 10.4. The molecule has 1 N–H and O–H groups in total. The lowest BCUT2D eigenvalue weighted by Gasteiger charge is -2.11. The average Bonchev–Trinajstić information content (AvgIpc) is 2.54. The summed E-state index contributed by atoms with van der Waals surface area (Å²) < 4.78 is 23.8. The first kappa shape index (κ1) is 16.8. The van der Waals surface area contributed by atoms with Crippen LogP contribution in [0.2, 0.25) is 0 Å². The monoisotopic (exact) mass is 317 g/mol. The summed E-state index contributed by atoms with van der Waals surface area (Å²) in [7, 11) is 0. The standard InChI is InChI=1S/C18H20FNO3/c1-13(2)11-22-16-4-3-5-17(10-16)23-12-18(21)20-15-8-6-14(19)7-9-15/h3-10,13H,11-12H2,1-2H3,(H,20,21). The molecule has 5 heteroatoms. The lowest BCUT2D eigenvalue weighted by atomic mass is 10.2. The van der Waals surface area contributed by atoms with Crippen LogP contribution in [0.3, 0.4) is 0 Å². The van der Waals surface area contributed by atoms with Crippen LogP contribution in [0.1, 0.15) is 13.8 Å². The van der Waals surface area contributed by atoms with E-state index in [0.717, 1.165) is 0 Å². The third kappa shape index (κ3) is 5.98. The second kappa shape index (κ2) is 8.17. The SMILES string of the molecule is CC(C)COc1cccc(OCC(=O)Nc2ccc(F)cc2)c1. The number of hydrogen-bond donors (Lipinski definition) is 1. The molecule has 0 spiro atoms. The summed E-state index contributed by atoms with van der Waals surface area (Å²) in [4.78, 5) is 11.8. The van der Waals surface area contributed by atoms with E-state index >= 15 is 0 Å². The molecule has 0 atom stereocenters. The molecule has 0 bridgehead atoms. The Morgan fingerprint density at radius 3 is 2.39 bits per heavy atom. The van der Waals surface area contributed by atoms with Crippen LogP contribution in [0, 0.1) is 11.7 Å². The molecular weight excluding hydrogens is 297 g/mol. The van der Waals surface area contributed by atoms with E-state index < -0.39 is 0 Å². The Labute approximate surface area is 135 Å². The van der Waals surface area contributed by atoms with Crippen molar-refractivity contribution < 1.29 is 18.7 Å². The van der Waals surface area contributed by atoms with E-state index in [1.165, 1.54) is 24.3 Å². The maximum atomic E-state index is 12.8. The Morgan fingerprint density at radius 1 is 1.09 bits per heavy atom. The van der Waals surface area contributed by atoms with Crippen molar-refractivity contribution in [1.29, 1.82) is 0 Å². The van der Waals surface area contributed by atoms with E-state index in [-0.39, 0.29) is 18.3 Å². The van der Waals surface area contributed by atoms with Crippen molar-refractivity contribution in [1.82, 2.24) is 0 Å². The summed E-state index contributed by atoms with van der Waals surface area (Å²) in [5.41, 5.74) is 0.522. The number of rotatable bonds is 7. The zero-order chi connectivity index (χ0) is 16.7. The van der Waals surface area contributed by atoms with Gasteiger partial charge < -0.3 is 14.8 Å². The van der Waals surface area contributed by atoms with Gasteiger partial charge in [-0.05, 0) is 42.3 Å². The van der Waals surface area contributed by atoms with Gasteiger partial charge in [0.25, 0.3) is 5.91 Å². The predicted octanol–water partition coefficient (Wildman–Crippen LogP) is 3.88. The predicted molar refractivity (Wildman–Crippen MR) is 87.3 cm³/mol. The Morgan fingerprint density at radius 2 is 1.74 bits per heavy atom. The molecular formula is C18H20FNO3. The largest absolute Gasteiger partial charge is 0.493 e. The fourth-order valence-corrected chi connectivity index (χ4v) is 1.80. The van der Waals surface area contributed by atoms with E-state index in [1.54, 1.807) is 12.1 Å². The molecule has 122 valence electrons. The zero-order valence-corrected chi connectivity index (χ0v) is 13.2. The van der Waals surface area contributed by atoms with Gasteiger partial charge in [-0.2, -0.15) is 0 Å². The van der Waals surface area contributed by atoms with E-state index in [0.29, 0.717) is 29.7 Å². The molecule has 2 rings (SSSR count). The molecule has 2 aromatic carbocycles. The number of nitrogens with one attached hydrogen (secondary N) is 1. The highest BCUT2D eigenvalue weighted by molar-refractivity contribution is 5.91. The molecule has 1 amide bonds.